The summed E-state index contributed by atoms with van der Waals surface area (Å²) >= 11 is 0. The van der Waals surface area contributed by atoms with Crippen LogP contribution in [-0.4, -0.2) is 10.9 Å². The number of allylic oxidation sites excluding steroid dienone is 2. The van der Waals surface area contributed by atoms with Gasteiger partial charge in [0.2, 0.25) is 5.88 Å². The Morgan fingerprint density at radius 2 is 1.90 bits per heavy atom. The highest BCUT2D eigenvalue weighted by Crippen LogP contribution is 2.39. The molecular formula is C24H20N4O3. The molecule has 0 radical (unpaired) electrons. The van der Waals surface area contributed by atoms with E-state index < -0.39 is 17.4 Å². The lowest BCUT2D eigenvalue weighted by molar-refractivity contribution is -0.113. The van der Waals surface area contributed by atoms with Gasteiger partial charge in [0, 0.05) is 11.3 Å². The quantitative estimate of drug-likeness (QED) is 0.607. The number of benzene rings is 2. The first-order valence-electron chi connectivity index (χ1n) is 9.68. The second-order valence-electron chi connectivity index (χ2n) is 7.31. The predicted molar refractivity (Wildman–Crippen MR) is 118 cm³/mol. The maximum Gasteiger partial charge on any atom is 0.255 e. The number of hydrogen-bond acceptors (Lipinski definition) is 5. The first kappa shape index (κ1) is 20.0. The number of nitrogens with one attached hydrogen (secondary N) is 2. The van der Waals surface area contributed by atoms with Crippen molar-refractivity contribution >= 4 is 22.5 Å². The summed E-state index contributed by atoms with van der Waals surface area (Å²) in [6, 6.07) is 18.3. The highest BCUT2D eigenvalue weighted by atomic mass is 16.5. The molecule has 0 saturated heterocycles. The van der Waals surface area contributed by atoms with Gasteiger partial charge in [-0.2, -0.15) is 5.26 Å². The van der Waals surface area contributed by atoms with Gasteiger partial charge in [-0.25, -0.2) is 0 Å². The summed E-state index contributed by atoms with van der Waals surface area (Å²) < 4.78 is 5.50. The van der Waals surface area contributed by atoms with E-state index in [0.717, 1.165) is 10.9 Å². The third kappa shape index (κ3) is 3.55. The van der Waals surface area contributed by atoms with E-state index in [-0.39, 0.29) is 28.4 Å². The van der Waals surface area contributed by atoms with Crippen molar-refractivity contribution in [3.8, 4) is 6.07 Å². The molecule has 4 N–H and O–H groups in total. The van der Waals surface area contributed by atoms with Crippen molar-refractivity contribution in [2.45, 2.75) is 19.8 Å². The number of nitrogens with two attached hydrogens (primary N) is 1. The molecule has 1 aliphatic rings. The van der Waals surface area contributed by atoms with E-state index >= 15 is 0 Å². The van der Waals surface area contributed by atoms with E-state index in [1.807, 2.05) is 37.3 Å². The lowest BCUT2D eigenvalue weighted by Gasteiger charge is -2.27. The van der Waals surface area contributed by atoms with E-state index in [1.54, 1.807) is 37.3 Å². The van der Waals surface area contributed by atoms with Gasteiger partial charge in [-0.3, -0.25) is 9.59 Å². The zero-order valence-corrected chi connectivity index (χ0v) is 17.0. The minimum Gasteiger partial charge on any atom is -0.445 e. The Morgan fingerprint density at radius 3 is 2.61 bits per heavy atom. The van der Waals surface area contributed by atoms with Crippen LogP contribution >= 0.6 is 0 Å². The van der Waals surface area contributed by atoms with Gasteiger partial charge in [0.25, 0.3) is 11.5 Å². The fourth-order valence-corrected chi connectivity index (χ4v) is 3.82. The van der Waals surface area contributed by atoms with Crippen LogP contribution in [0, 0.1) is 18.3 Å². The van der Waals surface area contributed by atoms with E-state index in [9.17, 15) is 14.9 Å². The molecule has 31 heavy (non-hydrogen) atoms. The maximum atomic E-state index is 13.2. The third-order valence-corrected chi connectivity index (χ3v) is 5.31. The molecule has 4 rings (SSSR count). The first-order chi connectivity index (χ1) is 14.9. The number of aromatic amines is 1. The Kier molecular flexibility index (Phi) is 5.05. The normalized spacial score (nSPS) is 16.1. The topological polar surface area (TPSA) is 121 Å². The van der Waals surface area contributed by atoms with Crippen molar-refractivity contribution in [1.29, 1.82) is 5.26 Å². The molecule has 7 heteroatoms. The summed E-state index contributed by atoms with van der Waals surface area (Å²) in [4.78, 5) is 29.2. The summed E-state index contributed by atoms with van der Waals surface area (Å²) in [6.45, 7) is 3.49. The molecule has 0 saturated carbocycles. The Balaban J connectivity index is 1.89. The number of carbonyl (C=O) groups is 1. The van der Waals surface area contributed by atoms with Crippen LogP contribution in [0.15, 0.2) is 82.2 Å². The fraction of sp³-hybridized carbons (Fsp3) is 0.125. The zero-order chi connectivity index (χ0) is 22.1. The van der Waals surface area contributed by atoms with E-state index in [4.69, 9.17) is 10.5 Å². The summed E-state index contributed by atoms with van der Waals surface area (Å²) in [7, 11) is 0. The molecule has 1 atom stereocenters. The van der Waals surface area contributed by atoms with Crippen molar-refractivity contribution in [1.82, 2.24) is 4.98 Å². The number of hydrogen-bond donors (Lipinski definition) is 3. The lowest BCUT2D eigenvalue weighted by atomic mass is 9.82. The van der Waals surface area contributed by atoms with Gasteiger partial charge in [0.1, 0.15) is 17.4 Å². The number of fused-ring (bicyclic) bond motifs is 1. The molecule has 0 bridgehead atoms. The van der Waals surface area contributed by atoms with Crippen molar-refractivity contribution in [3.63, 3.8) is 0 Å². The molecule has 7 nitrogen and oxygen atoms in total. The minimum absolute atomic E-state index is 0.0151. The average Bonchev–Trinajstić information content (AvgIpc) is 2.74. The molecule has 0 aliphatic carbocycles. The smallest absolute Gasteiger partial charge is 0.255 e. The van der Waals surface area contributed by atoms with Crippen LogP contribution in [0.5, 0.6) is 0 Å². The highest BCUT2D eigenvalue weighted by molar-refractivity contribution is 6.06. The number of aryl methyl sites for hydroxylation is 1. The summed E-state index contributed by atoms with van der Waals surface area (Å²) in [6.07, 6.45) is 0. The van der Waals surface area contributed by atoms with E-state index in [0.29, 0.717) is 11.2 Å². The number of ether oxygens (including phenoxy) is 1. The molecule has 1 aliphatic heterocycles. The molecule has 1 amide bonds. The Bertz CT molecular complexity index is 1360. The third-order valence-electron chi connectivity index (χ3n) is 5.31. The van der Waals surface area contributed by atoms with Gasteiger partial charge in [0.15, 0.2) is 0 Å². The number of nitrogens with zero attached hydrogens (tertiary/aromatic N) is 1. The van der Waals surface area contributed by atoms with Crippen molar-refractivity contribution in [2.24, 2.45) is 5.73 Å². The SMILES string of the molecule is CC1=C(C(=O)Nc2ccccc2)C(c2cc3cccc(C)c3[nH]c2=O)C(C#N)=C(N)O1. The molecule has 1 unspecified atom stereocenters. The lowest BCUT2D eigenvalue weighted by Crippen LogP contribution is -2.30. The number of anilines is 1. The molecule has 154 valence electrons. The number of para-hydroxylation sites is 2. The Labute approximate surface area is 178 Å². The molecule has 3 aromatic rings. The highest BCUT2D eigenvalue weighted by Gasteiger charge is 2.37. The van der Waals surface area contributed by atoms with Crippen molar-refractivity contribution in [2.75, 3.05) is 5.32 Å². The number of pyridine rings is 1. The zero-order valence-electron chi connectivity index (χ0n) is 17.0. The minimum atomic E-state index is -0.962. The first-order valence-corrected chi connectivity index (χ1v) is 9.68. The summed E-state index contributed by atoms with van der Waals surface area (Å²) in [5.41, 5.74) is 8.19. The summed E-state index contributed by atoms with van der Waals surface area (Å²) in [5.74, 6) is -1.32. The summed E-state index contributed by atoms with van der Waals surface area (Å²) in [5, 5.41) is 13.4. The Hall–Kier alpha value is -4.31. The van der Waals surface area contributed by atoms with Crippen LogP contribution in [0.2, 0.25) is 0 Å². The second-order valence-corrected chi connectivity index (χ2v) is 7.31. The number of amides is 1. The van der Waals surface area contributed by atoms with Crippen LogP contribution in [0.3, 0.4) is 0 Å². The van der Waals surface area contributed by atoms with Gasteiger partial charge in [-0.1, -0.05) is 36.4 Å². The second kappa shape index (κ2) is 7.84. The van der Waals surface area contributed by atoms with Crippen molar-refractivity contribution < 1.29 is 9.53 Å². The molecule has 0 spiro atoms. The number of H-pyrrole nitrogens is 1. The van der Waals surface area contributed by atoms with E-state index in [2.05, 4.69) is 10.3 Å². The molecule has 2 aromatic carbocycles. The number of rotatable bonds is 3. The van der Waals surface area contributed by atoms with Gasteiger partial charge in [-0.05, 0) is 43.0 Å². The maximum absolute atomic E-state index is 13.2. The van der Waals surface area contributed by atoms with Gasteiger partial charge >= 0.3 is 0 Å². The molecule has 2 heterocycles. The largest absolute Gasteiger partial charge is 0.445 e. The van der Waals surface area contributed by atoms with Crippen LogP contribution in [0.25, 0.3) is 10.9 Å². The predicted octanol–water partition coefficient (Wildman–Crippen LogP) is 3.56. The molecule has 1 aromatic heterocycles. The van der Waals surface area contributed by atoms with Crippen LogP contribution in [0.1, 0.15) is 24.0 Å². The van der Waals surface area contributed by atoms with Crippen molar-refractivity contribution in [3.05, 3.63) is 98.9 Å². The number of nitriles is 1. The monoisotopic (exact) mass is 412 g/mol. The van der Waals surface area contributed by atoms with Gasteiger partial charge in [-0.15, -0.1) is 0 Å². The van der Waals surface area contributed by atoms with Gasteiger partial charge in [0.05, 0.1) is 17.0 Å². The standard InChI is InChI=1S/C24H20N4O3/c1-13-7-6-8-15-11-17(23(29)28-21(13)15)20-18(12-25)22(26)31-14(2)19(20)24(30)27-16-9-4-3-5-10-16/h3-11,20H,26H2,1-2H3,(H,27,30)(H,28,29). The molecule has 0 fully saturated rings. The van der Waals surface area contributed by atoms with Gasteiger partial charge < -0.3 is 20.8 Å². The molecular weight excluding hydrogens is 392 g/mol. The average molecular weight is 412 g/mol. The van der Waals surface area contributed by atoms with Crippen LogP contribution in [-0.2, 0) is 9.53 Å². The number of aromatic nitrogens is 1. The fourth-order valence-electron chi connectivity index (χ4n) is 3.82. The Morgan fingerprint density at radius 1 is 1.16 bits per heavy atom. The number of carbonyl (C=O) groups excluding carboxylic acids is 1. The van der Waals surface area contributed by atoms with Crippen LogP contribution < -0.4 is 16.6 Å². The van der Waals surface area contributed by atoms with E-state index in [1.165, 1.54) is 0 Å². The van der Waals surface area contributed by atoms with Crippen LogP contribution in [0.4, 0.5) is 5.69 Å².